The summed E-state index contributed by atoms with van der Waals surface area (Å²) in [4.78, 5) is 71.1. The van der Waals surface area contributed by atoms with Gasteiger partial charge in [0.05, 0.1) is 49.7 Å². The van der Waals surface area contributed by atoms with E-state index in [0.717, 1.165) is 16.2 Å². The zero-order valence-corrected chi connectivity index (χ0v) is 28.4. The first-order valence-electron chi connectivity index (χ1n) is 17.6. The summed E-state index contributed by atoms with van der Waals surface area (Å²) in [7, 11) is -1.00. The van der Waals surface area contributed by atoms with E-state index < -0.39 is 66.5 Å². The molecule has 4 aliphatic rings. The largest absolute Gasteiger partial charge is 0.508 e. The third-order valence-corrected chi connectivity index (χ3v) is 10.3. The lowest BCUT2D eigenvalue weighted by Crippen LogP contribution is -2.31. The van der Waals surface area contributed by atoms with Crippen molar-refractivity contribution < 1.29 is 59.7 Å². The first-order chi connectivity index (χ1) is 25.7. The molecule has 6 N–H and O–H groups in total. The number of anilines is 2. The van der Waals surface area contributed by atoms with Crippen molar-refractivity contribution in [1.29, 1.82) is 0 Å². The number of esters is 2. The van der Waals surface area contributed by atoms with Gasteiger partial charge in [0.25, 0.3) is 0 Å². The minimum Gasteiger partial charge on any atom is -0.508 e. The molecule has 0 radical (unpaired) electrons. The van der Waals surface area contributed by atoms with Crippen molar-refractivity contribution in [2.24, 2.45) is 35.5 Å². The second-order valence-corrected chi connectivity index (χ2v) is 13.3. The summed E-state index contributed by atoms with van der Waals surface area (Å²) in [6.07, 6.45) is 2.19. The zero-order chi connectivity index (χ0) is 39.3. The molecule has 13 nitrogen and oxygen atoms in total. The lowest BCUT2D eigenvalue weighted by molar-refractivity contribution is -0.154. The Labute approximate surface area is 304 Å². The molecule has 278 valence electrons. The Hall–Kier alpha value is -6.05. The number of carbonyl (C=O) groups excluding carboxylic acids is 4. The molecule has 2 saturated heterocycles. The van der Waals surface area contributed by atoms with E-state index in [1.165, 1.54) is 11.0 Å². The molecule has 0 bridgehead atoms. The second-order valence-electron chi connectivity index (χ2n) is 13.3. The van der Waals surface area contributed by atoms with Crippen LogP contribution >= 0.6 is 0 Å². The molecule has 14 heteroatoms. The van der Waals surface area contributed by atoms with Crippen LogP contribution in [0.2, 0.25) is 0 Å². The van der Waals surface area contributed by atoms with Crippen molar-refractivity contribution in [3.63, 3.8) is 0 Å². The molecule has 0 aromatic heterocycles. The maximum atomic E-state index is 12.9. The van der Waals surface area contributed by atoms with Crippen LogP contribution in [-0.2, 0) is 33.5 Å². The van der Waals surface area contributed by atoms with E-state index in [2.05, 4.69) is 4.74 Å². The summed E-state index contributed by atoms with van der Waals surface area (Å²) in [6, 6.07) is 21.0. The van der Waals surface area contributed by atoms with Gasteiger partial charge in [-0.15, -0.1) is 0 Å². The van der Waals surface area contributed by atoms with Gasteiger partial charge in [0.2, 0.25) is 11.8 Å². The Balaban J connectivity index is 0.000000163. The summed E-state index contributed by atoms with van der Waals surface area (Å²) in [5.74, 6) is -6.14. The number of hydrogen-bond donors (Lipinski definition) is 5. The molecule has 6 atom stereocenters. The molecular formula is C39H39FN2O11. The Morgan fingerprint density at radius 1 is 0.717 bits per heavy atom. The number of carboxylic acids is 2. The van der Waals surface area contributed by atoms with Gasteiger partial charge < -0.3 is 30.9 Å². The number of alkyl halides is 1. The minimum absolute atomic E-state index is 0.0578. The highest BCUT2D eigenvalue weighted by Gasteiger charge is 2.52. The Kier molecular flexibility index (Phi) is 11.2. The van der Waals surface area contributed by atoms with Crippen LogP contribution in [0, 0.1) is 35.5 Å². The molecule has 4 fully saturated rings. The summed E-state index contributed by atoms with van der Waals surface area (Å²) < 4.78 is 20.0. The number of halogens is 1. The van der Waals surface area contributed by atoms with E-state index in [-0.39, 0.29) is 36.2 Å². The normalized spacial score (nSPS) is 24.6. The van der Waals surface area contributed by atoms with E-state index in [1.54, 1.807) is 36.4 Å². The van der Waals surface area contributed by atoms with Crippen molar-refractivity contribution in [3.8, 4) is 11.5 Å². The molecular weight excluding hydrogens is 691 g/mol. The van der Waals surface area contributed by atoms with E-state index in [4.69, 9.17) is 12.2 Å². The Morgan fingerprint density at radius 2 is 1.21 bits per heavy atom. The molecule has 2 aliphatic heterocycles. The first kappa shape index (κ1) is 36.7. The fourth-order valence-electron chi connectivity index (χ4n) is 7.55. The number of cyclic esters (lactones) is 2. The number of carboxylic acid groups (broad SMARTS) is 2. The number of nitrogens with two attached hydrogens (primary N) is 1. The SMILES string of the molecule is Nc1cccc2ccc(O)cc12.O=C(O)C1CCC2C(=O)N(c3cccc4ccc(O)cc34)C(=O)C2C1.O=C(O)C1CCC2C(=O)OC(=O)C2C1.[2H]CF. The highest BCUT2D eigenvalue weighted by molar-refractivity contribution is 6.25. The zero-order valence-electron chi connectivity index (χ0n) is 29.4. The average molecular weight is 732 g/mol. The smallest absolute Gasteiger partial charge is 0.317 e. The molecule has 2 amide bonds. The fraction of sp³-hybridized carbons (Fsp3) is 0.333. The number of ether oxygens (including phenoxy) is 1. The van der Waals surface area contributed by atoms with Crippen LogP contribution in [0.1, 0.15) is 39.9 Å². The van der Waals surface area contributed by atoms with Crippen LogP contribution in [0.4, 0.5) is 15.8 Å². The molecule has 2 heterocycles. The van der Waals surface area contributed by atoms with Crippen LogP contribution < -0.4 is 10.6 Å². The van der Waals surface area contributed by atoms with Crippen LogP contribution in [-0.4, -0.2) is 63.3 Å². The van der Waals surface area contributed by atoms with Crippen LogP contribution in [0.25, 0.3) is 21.5 Å². The van der Waals surface area contributed by atoms with E-state index in [0.29, 0.717) is 42.4 Å². The molecule has 6 unspecified atom stereocenters. The van der Waals surface area contributed by atoms with Gasteiger partial charge in [-0.05, 0) is 85.7 Å². The van der Waals surface area contributed by atoms with Crippen molar-refractivity contribution in [2.45, 2.75) is 38.5 Å². The summed E-state index contributed by atoms with van der Waals surface area (Å²) in [6.45, 7) is 0. The third kappa shape index (κ3) is 7.91. The van der Waals surface area contributed by atoms with Gasteiger partial charge in [0, 0.05) is 16.5 Å². The molecule has 4 aromatic carbocycles. The molecule has 2 aliphatic carbocycles. The lowest BCUT2D eigenvalue weighted by Gasteiger charge is -2.25. The average Bonchev–Trinajstić information content (AvgIpc) is 3.58. The van der Waals surface area contributed by atoms with Gasteiger partial charge in [-0.3, -0.25) is 33.2 Å². The third-order valence-electron chi connectivity index (χ3n) is 10.3. The number of phenols is 2. The van der Waals surface area contributed by atoms with Gasteiger partial charge in [0.15, 0.2) is 0 Å². The first-order valence-corrected chi connectivity index (χ1v) is 16.9. The van der Waals surface area contributed by atoms with E-state index in [9.17, 15) is 48.5 Å². The fourth-order valence-corrected chi connectivity index (χ4v) is 7.55. The van der Waals surface area contributed by atoms with E-state index >= 15 is 0 Å². The molecule has 53 heavy (non-hydrogen) atoms. The number of nitrogen functional groups attached to an aromatic ring is 1. The van der Waals surface area contributed by atoms with Gasteiger partial charge >= 0.3 is 23.9 Å². The minimum atomic E-state index is -1.00. The predicted octanol–water partition coefficient (Wildman–Crippen LogP) is 5.44. The van der Waals surface area contributed by atoms with Crippen LogP contribution in [0.15, 0.2) is 72.8 Å². The highest BCUT2D eigenvalue weighted by atomic mass is 19.1. The number of rotatable bonds is 3. The van der Waals surface area contributed by atoms with Crippen molar-refractivity contribution in [3.05, 3.63) is 72.8 Å². The quantitative estimate of drug-likeness (QED) is 0.0770. The maximum Gasteiger partial charge on any atom is 0.317 e. The number of aromatic hydroxyl groups is 2. The van der Waals surface area contributed by atoms with Gasteiger partial charge in [-0.1, -0.05) is 36.4 Å². The monoisotopic (exact) mass is 731 g/mol. The van der Waals surface area contributed by atoms with Gasteiger partial charge in [-0.2, -0.15) is 0 Å². The number of fused-ring (bicyclic) bond motifs is 4. The summed E-state index contributed by atoms with van der Waals surface area (Å²) in [5.41, 5.74) is 6.86. The Morgan fingerprint density at radius 3 is 1.81 bits per heavy atom. The Bertz CT molecular complexity index is 2110. The number of benzene rings is 4. The van der Waals surface area contributed by atoms with E-state index in [1.807, 2.05) is 30.3 Å². The molecule has 0 spiro atoms. The molecule has 4 aromatic rings. The van der Waals surface area contributed by atoms with Gasteiger partial charge in [0.1, 0.15) is 11.5 Å². The topological polar surface area (TPSA) is 222 Å². The molecule has 8 rings (SSSR count). The number of amides is 2. The summed E-state index contributed by atoms with van der Waals surface area (Å²) >= 11 is 0. The summed E-state index contributed by atoms with van der Waals surface area (Å²) in [5, 5.41) is 40.4. The second kappa shape index (κ2) is 16.1. The predicted molar refractivity (Wildman–Crippen MR) is 190 cm³/mol. The molecule has 2 saturated carbocycles. The van der Waals surface area contributed by atoms with Crippen LogP contribution in [0.5, 0.6) is 11.5 Å². The number of carbonyl (C=O) groups is 6. The number of nitrogens with zero attached hydrogens (tertiary/aromatic N) is 1. The van der Waals surface area contributed by atoms with Crippen LogP contribution in [0.3, 0.4) is 0 Å². The number of aliphatic carboxylic acids is 2. The maximum absolute atomic E-state index is 12.9. The lowest BCUT2D eigenvalue weighted by atomic mass is 9.75. The number of hydrogen-bond acceptors (Lipinski definition) is 10. The standard InChI is InChI=1S/C19H17NO5.C10H9NO.C9H10O5.CH3F/c21-12-6-4-10-2-1-3-16(14(10)9-12)20-17(22)13-7-5-11(19(24)25)8-15(13)18(20)23;11-10-3-1-2-7-4-5-8(12)6-9(7)10;10-7(11)4-1-2-5-6(3-4)9(13)14-8(5)12;1-2/h1-4,6,9,11,13,15,21H,5,7-8H2,(H,24,25);1-6,12H,11H2;4-6H,1-3H2,(H,10,11);1H3/i;;;1D. The van der Waals surface area contributed by atoms with Crippen molar-refractivity contribution >= 4 is 68.6 Å². The highest BCUT2D eigenvalue weighted by Crippen LogP contribution is 2.44. The number of imide groups is 1. The van der Waals surface area contributed by atoms with Crippen molar-refractivity contribution in [1.82, 2.24) is 0 Å². The number of phenolic OH excluding ortho intramolecular Hbond substituents is 2. The van der Waals surface area contributed by atoms with Crippen molar-refractivity contribution in [2.75, 3.05) is 17.8 Å². The van der Waals surface area contributed by atoms with Gasteiger partial charge in [-0.25, -0.2) is 4.90 Å².